The summed E-state index contributed by atoms with van der Waals surface area (Å²) in [7, 11) is 0. The van der Waals surface area contributed by atoms with Crippen LogP contribution in [0.15, 0.2) is 121 Å². The monoisotopic (exact) mass is 578 g/mol. The summed E-state index contributed by atoms with van der Waals surface area (Å²) in [6.07, 6.45) is -3.56. The summed E-state index contributed by atoms with van der Waals surface area (Å²) >= 11 is 0. The third-order valence-corrected chi connectivity index (χ3v) is 7.56. The van der Waals surface area contributed by atoms with Gasteiger partial charge in [0.2, 0.25) is 0 Å². The highest BCUT2D eigenvalue weighted by Crippen LogP contribution is 2.32. The molecule has 4 nitrogen and oxygen atoms in total. The first-order valence-corrected chi connectivity index (χ1v) is 14.1. The van der Waals surface area contributed by atoms with Crippen LogP contribution in [0.2, 0.25) is 0 Å². The Morgan fingerprint density at radius 2 is 1.47 bits per heavy atom. The van der Waals surface area contributed by atoms with E-state index in [-0.39, 0.29) is 5.91 Å². The second kappa shape index (κ2) is 12.2. The molecule has 0 fully saturated rings. The lowest BCUT2D eigenvalue weighted by molar-refractivity contribution is -0.137. The van der Waals surface area contributed by atoms with E-state index in [1.807, 2.05) is 54.6 Å². The van der Waals surface area contributed by atoms with Crippen LogP contribution in [0.25, 0.3) is 11.1 Å². The van der Waals surface area contributed by atoms with E-state index in [0.29, 0.717) is 22.4 Å². The van der Waals surface area contributed by atoms with E-state index < -0.39 is 11.7 Å². The van der Waals surface area contributed by atoms with Crippen molar-refractivity contribution in [2.24, 2.45) is 0 Å². The SMILES string of the molecule is O=C(Nc1ccc2c(c1)CCN(Cc1ccc(Oc3ccccc3)cc1)C2)c1ccccc1-c1ccc(C(F)(F)F)cc1. The van der Waals surface area contributed by atoms with Crippen molar-refractivity contribution in [2.75, 3.05) is 11.9 Å². The lowest BCUT2D eigenvalue weighted by Gasteiger charge is -2.29. The van der Waals surface area contributed by atoms with Crippen LogP contribution in [-0.4, -0.2) is 17.4 Å². The number of carbonyl (C=O) groups is 1. The molecule has 43 heavy (non-hydrogen) atoms. The minimum Gasteiger partial charge on any atom is -0.457 e. The van der Waals surface area contributed by atoms with Gasteiger partial charge >= 0.3 is 6.18 Å². The van der Waals surface area contributed by atoms with Gasteiger partial charge in [-0.15, -0.1) is 0 Å². The molecule has 6 rings (SSSR count). The van der Waals surface area contributed by atoms with Crippen LogP contribution in [0, 0.1) is 0 Å². The average molecular weight is 579 g/mol. The second-order valence-corrected chi connectivity index (χ2v) is 10.6. The molecule has 0 aliphatic carbocycles. The topological polar surface area (TPSA) is 41.6 Å². The van der Waals surface area contributed by atoms with Gasteiger partial charge in [-0.1, -0.05) is 66.7 Å². The highest BCUT2D eigenvalue weighted by atomic mass is 19.4. The van der Waals surface area contributed by atoms with Crippen molar-refractivity contribution in [3.8, 4) is 22.6 Å². The van der Waals surface area contributed by atoms with Crippen molar-refractivity contribution in [3.05, 3.63) is 149 Å². The number of alkyl halides is 3. The number of halogens is 3. The fraction of sp³-hybridized carbons (Fsp3) is 0.139. The van der Waals surface area contributed by atoms with Gasteiger partial charge in [-0.2, -0.15) is 13.2 Å². The standard InChI is InChI=1S/C36H29F3N2O2/c37-36(38,39)29-15-12-26(13-16-29)33-8-4-5-9-34(33)35(42)40-30-17-14-28-24-41(21-20-27(28)22-30)23-25-10-18-32(19-11-25)43-31-6-2-1-3-7-31/h1-19,22H,20-21,23-24H2,(H,40,42). The number of amides is 1. The van der Waals surface area contributed by atoms with E-state index in [0.717, 1.165) is 49.7 Å². The van der Waals surface area contributed by atoms with Crippen molar-refractivity contribution in [1.29, 1.82) is 0 Å². The Labute approximate surface area is 248 Å². The molecular weight excluding hydrogens is 549 g/mol. The lowest BCUT2D eigenvalue weighted by Crippen LogP contribution is -2.30. The Hall–Kier alpha value is -4.88. The maximum atomic E-state index is 13.3. The first-order valence-electron chi connectivity index (χ1n) is 14.1. The smallest absolute Gasteiger partial charge is 0.416 e. The zero-order valence-corrected chi connectivity index (χ0v) is 23.3. The van der Waals surface area contributed by atoms with E-state index in [1.54, 1.807) is 24.3 Å². The molecule has 0 saturated carbocycles. The van der Waals surface area contributed by atoms with E-state index >= 15 is 0 Å². The largest absolute Gasteiger partial charge is 0.457 e. The van der Waals surface area contributed by atoms with Crippen molar-refractivity contribution < 1.29 is 22.7 Å². The van der Waals surface area contributed by atoms with Gasteiger partial charge in [-0.25, -0.2) is 0 Å². The number of fused-ring (bicyclic) bond motifs is 1. The Balaban J connectivity index is 1.09. The maximum absolute atomic E-state index is 13.3. The van der Waals surface area contributed by atoms with Crippen LogP contribution in [0.5, 0.6) is 11.5 Å². The third-order valence-electron chi connectivity index (χ3n) is 7.56. The first-order chi connectivity index (χ1) is 20.8. The quantitative estimate of drug-likeness (QED) is 0.210. The summed E-state index contributed by atoms with van der Waals surface area (Å²) in [6.45, 7) is 2.52. The second-order valence-electron chi connectivity index (χ2n) is 10.6. The summed E-state index contributed by atoms with van der Waals surface area (Å²) < 4.78 is 44.9. The zero-order valence-electron chi connectivity index (χ0n) is 23.3. The molecule has 1 heterocycles. The van der Waals surface area contributed by atoms with Gasteiger partial charge < -0.3 is 10.1 Å². The van der Waals surface area contributed by atoms with Gasteiger partial charge in [-0.05, 0) is 88.8 Å². The minimum atomic E-state index is -4.41. The molecule has 7 heteroatoms. The predicted molar refractivity (Wildman–Crippen MR) is 162 cm³/mol. The van der Waals surface area contributed by atoms with Gasteiger partial charge in [0.15, 0.2) is 0 Å². The number of hydrogen-bond acceptors (Lipinski definition) is 3. The molecule has 0 radical (unpaired) electrons. The van der Waals surface area contributed by atoms with Crippen molar-refractivity contribution in [2.45, 2.75) is 25.7 Å². The number of rotatable bonds is 7. The van der Waals surface area contributed by atoms with Gasteiger partial charge in [0, 0.05) is 30.9 Å². The molecule has 0 bridgehead atoms. The van der Waals surface area contributed by atoms with Gasteiger partial charge in [0.05, 0.1) is 5.56 Å². The van der Waals surface area contributed by atoms with Crippen LogP contribution < -0.4 is 10.1 Å². The molecule has 0 spiro atoms. The van der Waals surface area contributed by atoms with Crippen LogP contribution in [-0.2, 0) is 25.7 Å². The van der Waals surface area contributed by atoms with E-state index in [1.165, 1.54) is 28.8 Å². The third kappa shape index (κ3) is 6.79. The Morgan fingerprint density at radius 1 is 0.767 bits per heavy atom. The fourth-order valence-corrected chi connectivity index (χ4v) is 5.34. The number of nitrogens with zero attached hydrogens (tertiary/aromatic N) is 1. The van der Waals surface area contributed by atoms with Crippen LogP contribution in [0.4, 0.5) is 18.9 Å². The number of para-hydroxylation sites is 1. The number of anilines is 1. The van der Waals surface area contributed by atoms with E-state index in [4.69, 9.17) is 4.74 Å². The predicted octanol–water partition coefficient (Wildman–Crippen LogP) is 8.98. The molecule has 1 amide bonds. The van der Waals surface area contributed by atoms with Gasteiger partial charge in [0.1, 0.15) is 11.5 Å². The molecule has 216 valence electrons. The molecule has 5 aromatic carbocycles. The maximum Gasteiger partial charge on any atom is 0.416 e. The molecule has 0 aromatic heterocycles. The molecule has 1 aliphatic heterocycles. The summed E-state index contributed by atoms with van der Waals surface area (Å²) in [5.41, 5.74) is 5.09. The average Bonchev–Trinajstić information content (AvgIpc) is 3.02. The first kappa shape index (κ1) is 28.2. The van der Waals surface area contributed by atoms with E-state index in [9.17, 15) is 18.0 Å². The van der Waals surface area contributed by atoms with Crippen LogP contribution in [0.3, 0.4) is 0 Å². The van der Waals surface area contributed by atoms with Crippen molar-refractivity contribution in [3.63, 3.8) is 0 Å². The Kier molecular flexibility index (Phi) is 7.99. The summed E-state index contributed by atoms with van der Waals surface area (Å²) in [5, 5.41) is 2.98. The highest BCUT2D eigenvalue weighted by Gasteiger charge is 2.30. The van der Waals surface area contributed by atoms with Gasteiger partial charge in [-0.3, -0.25) is 9.69 Å². The number of hydrogen-bond donors (Lipinski definition) is 1. The fourth-order valence-electron chi connectivity index (χ4n) is 5.34. The molecule has 0 unspecified atom stereocenters. The molecular formula is C36H29F3N2O2. The molecule has 1 aliphatic rings. The van der Waals surface area contributed by atoms with Crippen LogP contribution in [0.1, 0.15) is 32.6 Å². The summed E-state index contributed by atoms with van der Waals surface area (Å²) in [5.74, 6) is 1.30. The number of ether oxygens (including phenoxy) is 1. The normalized spacial score (nSPS) is 13.3. The highest BCUT2D eigenvalue weighted by molar-refractivity contribution is 6.08. The lowest BCUT2D eigenvalue weighted by atomic mass is 9.97. The van der Waals surface area contributed by atoms with Crippen molar-refractivity contribution in [1.82, 2.24) is 4.90 Å². The number of nitrogens with one attached hydrogen (secondary N) is 1. The van der Waals surface area contributed by atoms with Crippen molar-refractivity contribution >= 4 is 11.6 Å². The number of carbonyl (C=O) groups excluding carboxylic acids is 1. The molecule has 5 aromatic rings. The number of benzene rings is 5. The van der Waals surface area contributed by atoms with E-state index in [2.05, 4.69) is 28.4 Å². The molecule has 0 atom stereocenters. The summed E-state index contributed by atoms with van der Waals surface area (Å²) in [6, 6.07) is 35.6. The van der Waals surface area contributed by atoms with Gasteiger partial charge in [0.25, 0.3) is 5.91 Å². The molecule has 1 N–H and O–H groups in total. The minimum absolute atomic E-state index is 0.312. The molecule has 0 saturated heterocycles. The van der Waals surface area contributed by atoms with Crippen LogP contribution >= 0.6 is 0 Å². The Bertz CT molecular complexity index is 1720. The summed E-state index contributed by atoms with van der Waals surface area (Å²) in [4.78, 5) is 15.7. The Morgan fingerprint density at radius 3 is 2.21 bits per heavy atom. The zero-order chi connectivity index (χ0) is 29.8.